The average Bonchev–Trinajstić information content (AvgIpc) is 2.51. The van der Waals surface area contributed by atoms with Gasteiger partial charge in [-0.2, -0.15) is 0 Å². The van der Waals surface area contributed by atoms with Gasteiger partial charge in [-0.05, 0) is 20.3 Å². The van der Waals surface area contributed by atoms with Gasteiger partial charge in [-0.15, -0.1) is 22.9 Å². The van der Waals surface area contributed by atoms with Crippen LogP contribution in [0.5, 0.6) is 0 Å². The molecule has 1 atom stereocenters. The van der Waals surface area contributed by atoms with Gasteiger partial charge in [-0.1, -0.05) is 0 Å². The van der Waals surface area contributed by atoms with Crippen molar-refractivity contribution in [3.63, 3.8) is 0 Å². The Labute approximate surface area is 98.7 Å². The Morgan fingerprint density at radius 3 is 2.80 bits per heavy atom. The maximum Gasteiger partial charge on any atom is 0.251 e. The van der Waals surface area contributed by atoms with Crippen molar-refractivity contribution in [3.8, 4) is 0 Å². The molecule has 0 saturated carbocycles. The lowest BCUT2D eigenvalue weighted by Crippen LogP contribution is -2.32. The second kappa shape index (κ2) is 5.25. The predicted octanol–water partition coefficient (Wildman–Crippen LogP) is 1.75. The van der Waals surface area contributed by atoms with Crippen molar-refractivity contribution >= 4 is 33.0 Å². The first-order chi connectivity index (χ1) is 6.95. The van der Waals surface area contributed by atoms with E-state index >= 15 is 0 Å². The second-order valence-corrected chi connectivity index (χ2v) is 6.75. The van der Waals surface area contributed by atoms with Crippen molar-refractivity contribution in [1.82, 2.24) is 9.71 Å². The Kier molecular flexibility index (Phi) is 4.51. The molecule has 0 fully saturated rings. The van der Waals surface area contributed by atoms with Crippen LogP contribution in [-0.2, 0) is 10.0 Å². The van der Waals surface area contributed by atoms with E-state index in [2.05, 4.69) is 9.71 Å². The van der Waals surface area contributed by atoms with Crippen LogP contribution in [0.25, 0.3) is 0 Å². The number of aryl methyl sites for hydroxylation is 1. The van der Waals surface area contributed by atoms with Crippen LogP contribution >= 0.6 is 22.9 Å². The molecule has 4 nitrogen and oxygen atoms in total. The lowest BCUT2D eigenvalue weighted by atomic mass is 10.3. The number of nitrogens with one attached hydrogen (secondary N) is 1. The number of hydrogen-bond donors (Lipinski definition) is 1. The summed E-state index contributed by atoms with van der Waals surface area (Å²) in [6.07, 6.45) is 1.98. The molecule has 1 N–H and O–H groups in total. The average molecular weight is 269 g/mol. The number of halogens is 1. The van der Waals surface area contributed by atoms with Crippen LogP contribution in [0.3, 0.4) is 0 Å². The number of rotatable bonds is 5. The van der Waals surface area contributed by atoms with Gasteiger partial charge in [-0.25, -0.2) is 18.1 Å². The minimum Gasteiger partial charge on any atom is -0.249 e. The van der Waals surface area contributed by atoms with E-state index in [1.54, 1.807) is 13.8 Å². The first-order valence-electron chi connectivity index (χ1n) is 4.46. The van der Waals surface area contributed by atoms with Crippen molar-refractivity contribution in [2.45, 2.75) is 30.5 Å². The molecule has 0 spiro atoms. The third kappa shape index (κ3) is 3.71. The number of thiazole rings is 1. The number of sulfonamides is 1. The summed E-state index contributed by atoms with van der Waals surface area (Å²) in [6, 6.07) is -0.157. The molecule has 1 heterocycles. The predicted molar refractivity (Wildman–Crippen MR) is 62.0 cm³/mol. The van der Waals surface area contributed by atoms with Gasteiger partial charge in [-0.3, -0.25) is 0 Å². The normalized spacial score (nSPS) is 14.1. The van der Waals surface area contributed by atoms with Crippen molar-refractivity contribution in [2.24, 2.45) is 0 Å². The second-order valence-electron chi connectivity index (χ2n) is 3.20. The van der Waals surface area contributed by atoms with Gasteiger partial charge in [0.05, 0.1) is 11.2 Å². The quantitative estimate of drug-likeness (QED) is 0.828. The highest BCUT2D eigenvalue weighted by molar-refractivity contribution is 7.91. The molecule has 0 saturated heterocycles. The molecule has 1 rings (SSSR count). The summed E-state index contributed by atoms with van der Waals surface area (Å²) >= 11 is 6.69. The monoisotopic (exact) mass is 268 g/mol. The van der Waals surface area contributed by atoms with Gasteiger partial charge in [0.1, 0.15) is 0 Å². The molecule has 0 aliphatic carbocycles. The summed E-state index contributed by atoms with van der Waals surface area (Å²) in [4.78, 5) is 3.91. The van der Waals surface area contributed by atoms with Crippen LogP contribution in [0.15, 0.2) is 10.4 Å². The van der Waals surface area contributed by atoms with Crippen LogP contribution in [0.4, 0.5) is 0 Å². The van der Waals surface area contributed by atoms with E-state index in [9.17, 15) is 8.42 Å². The van der Waals surface area contributed by atoms with E-state index in [0.29, 0.717) is 12.3 Å². The summed E-state index contributed by atoms with van der Waals surface area (Å²) in [5, 5.41) is 0.736. The van der Waals surface area contributed by atoms with E-state index in [1.165, 1.54) is 6.20 Å². The highest BCUT2D eigenvalue weighted by Crippen LogP contribution is 2.18. The van der Waals surface area contributed by atoms with Crippen LogP contribution in [-0.4, -0.2) is 25.3 Å². The van der Waals surface area contributed by atoms with Gasteiger partial charge < -0.3 is 0 Å². The molecule has 0 amide bonds. The van der Waals surface area contributed by atoms with Crippen LogP contribution in [0.1, 0.15) is 18.4 Å². The van der Waals surface area contributed by atoms with Crippen molar-refractivity contribution in [1.29, 1.82) is 0 Å². The summed E-state index contributed by atoms with van der Waals surface area (Å²) in [6.45, 7) is 3.56. The third-order valence-electron chi connectivity index (χ3n) is 1.76. The van der Waals surface area contributed by atoms with E-state index in [0.717, 1.165) is 16.3 Å². The Balaban J connectivity index is 2.76. The van der Waals surface area contributed by atoms with E-state index in [-0.39, 0.29) is 10.3 Å². The van der Waals surface area contributed by atoms with Gasteiger partial charge in [0, 0.05) is 11.9 Å². The zero-order valence-electron chi connectivity index (χ0n) is 8.53. The molecule has 0 bridgehead atoms. The Morgan fingerprint density at radius 1 is 1.67 bits per heavy atom. The van der Waals surface area contributed by atoms with E-state index < -0.39 is 10.0 Å². The molecular formula is C8H13ClN2O2S2. The maximum absolute atomic E-state index is 11.7. The molecule has 0 aliphatic heterocycles. The lowest BCUT2D eigenvalue weighted by Gasteiger charge is -2.10. The zero-order chi connectivity index (χ0) is 11.5. The Bertz CT molecular complexity index is 416. The first kappa shape index (κ1) is 12.9. The van der Waals surface area contributed by atoms with Crippen LogP contribution in [0.2, 0.25) is 0 Å². The van der Waals surface area contributed by atoms with E-state index in [4.69, 9.17) is 11.6 Å². The molecule has 0 aromatic carbocycles. The largest absolute Gasteiger partial charge is 0.251 e. The lowest BCUT2D eigenvalue weighted by molar-refractivity contribution is 0.558. The Morgan fingerprint density at radius 2 is 2.33 bits per heavy atom. The first-order valence-corrected chi connectivity index (χ1v) is 7.30. The van der Waals surface area contributed by atoms with Crippen molar-refractivity contribution in [3.05, 3.63) is 11.2 Å². The highest BCUT2D eigenvalue weighted by atomic mass is 35.5. The minimum absolute atomic E-state index is 0.157. The molecule has 0 aliphatic rings. The number of alkyl halides is 1. The fourth-order valence-electron chi connectivity index (χ4n) is 1.01. The summed E-state index contributed by atoms with van der Waals surface area (Å²) in [5.41, 5.74) is 0. The maximum atomic E-state index is 11.7. The smallest absolute Gasteiger partial charge is 0.249 e. The number of hydrogen-bond acceptors (Lipinski definition) is 4. The summed E-state index contributed by atoms with van der Waals surface area (Å²) in [5.74, 6) is 0.436. The van der Waals surface area contributed by atoms with Crippen molar-refractivity contribution < 1.29 is 8.42 Å². The highest BCUT2D eigenvalue weighted by Gasteiger charge is 2.19. The van der Waals surface area contributed by atoms with Gasteiger partial charge in [0.2, 0.25) is 0 Å². The fourth-order valence-corrected chi connectivity index (χ4v) is 3.74. The SMILES string of the molecule is Cc1ncc(S(=O)(=O)NC(C)CCCl)s1. The molecule has 0 radical (unpaired) electrons. The van der Waals surface area contributed by atoms with Crippen LogP contribution < -0.4 is 4.72 Å². The Hall–Kier alpha value is -0.170. The molecule has 15 heavy (non-hydrogen) atoms. The summed E-state index contributed by atoms with van der Waals surface area (Å²) < 4.78 is 26.3. The van der Waals surface area contributed by atoms with Gasteiger partial charge in [0.25, 0.3) is 10.0 Å². The van der Waals surface area contributed by atoms with E-state index in [1.807, 2.05) is 0 Å². The molecule has 1 aromatic rings. The number of nitrogens with zero attached hydrogens (tertiary/aromatic N) is 1. The molecule has 7 heteroatoms. The fraction of sp³-hybridized carbons (Fsp3) is 0.625. The van der Waals surface area contributed by atoms with Crippen molar-refractivity contribution in [2.75, 3.05) is 5.88 Å². The number of aromatic nitrogens is 1. The van der Waals surface area contributed by atoms with Crippen LogP contribution in [0, 0.1) is 6.92 Å². The van der Waals surface area contributed by atoms with Gasteiger partial charge >= 0.3 is 0 Å². The minimum atomic E-state index is -3.41. The standard InChI is InChI=1S/C8H13ClN2O2S2/c1-6(3-4-9)11-15(12,13)8-5-10-7(2)14-8/h5-6,11H,3-4H2,1-2H3. The summed E-state index contributed by atoms with van der Waals surface area (Å²) in [7, 11) is -3.41. The molecule has 86 valence electrons. The molecule has 1 unspecified atom stereocenters. The molecular weight excluding hydrogens is 256 g/mol. The zero-order valence-corrected chi connectivity index (χ0v) is 10.9. The van der Waals surface area contributed by atoms with Gasteiger partial charge in [0.15, 0.2) is 4.21 Å². The molecule has 1 aromatic heterocycles. The third-order valence-corrected chi connectivity index (χ3v) is 4.95. The topological polar surface area (TPSA) is 59.1 Å².